The van der Waals surface area contributed by atoms with Crippen LogP contribution in [0.25, 0.3) is 11.0 Å². The predicted octanol–water partition coefficient (Wildman–Crippen LogP) is 1.16. The van der Waals surface area contributed by atoms with Gasteiger partial charge in [0, 0.05) is 23.4 Å². The Morgan fingerprint density at radius 3 is 2.89 bits per heavy atom. The van der Waals surface area contributed by atoms with Crippen molar-refractivity contribution in [2.45, 2.75) is 6.42 Å². The minimum Gasteiger partial charge on any atom is -0.465 e. The summed E-state index contributed by atoms with van der Waals surface area (Å²) in [6, 6.07) is 7.42. The monoisotopic (exact) mass is 259 g/mol. The number of benzene rings is 1. The number of nitrogens with zero attached hydrogens (tertiary/aromatic N) is 1. The molecule has 3 rings (SSSR count). The molecule has 0 bridgehead atoms. The zero-order valence-corrected chi connectivity index (χ0v) is 10.2. The normalized spacial score (nSPS) is 11.0. The third-order valence-corrected chi connectivity index (χ3v) is 3.47. The summed E-state index contributed by atoms with van der Waals surface area (Å²) >= 11 is 1.62. The standard InChI is InChI=1S/C12H10BNO3S/c15-13(16)11-7-9-5-8(1-2-10(9)17-11)6-12-14-3-4-18-12/h1-5,7,15-16H,6H2. The van der Waals surface area contributed by atoms with Crippen molar-refractivity contribution in [2.24, 2.45) is 0 Å². The molecule has 0 aliphatic carbocycles. The van der Waals surface area contributed by atoms with Crippen LogP contribution in [0.1, 0.15) is 10.6 Å². The molecule has 0 amide bonds. The van der Waals surface area contributed by atoms with Gasteiger partial charge in [0.2, 0.25) is 0 Å². The van der Waals surface area contributed by atoms with E-state index < -0.39 is 7.12 Å². The third kappa shape index (κ3) is 2.18. The summed E-state index contributed by atoms with van der Waals surface area (Å²) in [4.78, 5) is 4.24. The zero-order valence-electron chi connectivity index (χ0n) is 9.41. The summed E-state index contributed by atoms with van der Waals surface area (Å²) in [5, 5.41) is 22.0. The van der Waals surface area contributed by atoms with Crippen LogP contribution < -0.4 is 5.66 Å². The molecule has 2 heterocycles. The van der Waals surface area contributed by atoms with Gasteiger partial charge in [0.1, 0.15) is 11.2 Å². The van der Waals surface area contributed by atoms with Gasteiger partial charge in [0.15, 0.2) is 0 Å². The maximum atomic E-state index is 9.05. The number of rotatable bonds is 3. The molecule has 4 nitrogen and oxygen atoms in total. The van der Waals surface area contributed by atoms with Crippen molar-refractivity contribution in [2.75, 3.05) is 0 Å². The SMILES string of the molecule is OB(O)c1cc2cc(Cc3nccs3)ccc2o1. The fraction of sp³-hybridized carbons (Fsp3) is 0.0833. The minimum atomic E-state index is -1.57. The molecule has 90 valence electrons. The molecule has 0 fully saturated rings. The first kappa shape index (κ1) is 11.5. The van der Waals surface area contributed by atoms with Crippen LogP contribution in [-0.2, 0) is 6.42 Å². The van der Waals surface area contributed by atoms with Gasteiger partial charge < -0.3 is 14.5 Å². The van der Waals surface area contributed by atoms with Crippen LogP contribution in [0.5, 0.6) is 0 Å². The van der Waals surface area contributed by atoms with E-state index in [0.717, 1.165) is 22.4 Å². The van der Waals surface area contributed by atoms with Crippen LogP contribution in [-0.4, -0.2) is 22.2 Å². The largest absolute Gasteiger partial charge is 0.526 e. The Bertz CT molecular complexity index is 663. The molecular weight excluding hydrogens is 249 g/mol. The van der Waals surface area contributed by atoms with Gasteiger partial charge in [-0.3, -0.25) is 0 Å². The fourth-order valence-electron chi connectivity index (χ4n) is 1.87. The lowest BCUT2D eigenvalue weighted by Gasteiger charge is -1.97. The molecule has 3 aromatic rings. The molecule has 6 heteroatoms. The van der Waals surface area contributed by atoms with Crippen molar-refractivity contribution >= 4 is 35.1 Å². The van der Waals surface area contributed by atoms with E-state index in [1.54, 1.807) is 23.6 Å². The van der Waals surface area contributed by atoms with Crippen molar-refractivity contribution in [1.29, 1.82) is 0 Å². The highest BCUT2D eigenvalue weighted by atomic mass is 32.1. The number of furan rings is 1. The number of aromatic nitrogens is 1. The summed E-state index contributed by atoms with van der Waals surface area (Å²) in [6.07, 6.45) is 2.56. The minimum absolute atomic E-state index is 0.163. The Hall–Kier alpha value is -1.63. The van der Waals surface area contributed by atoms with Crippen molar-refractivity contribution in [3.63, 3.8) is 0 Å². The summed E-state index contributed by atoms with van der Waals surface area (Å²) < 4.78 is 5.31. The molecule has 2 N–H and O–H groups in total. The van der Waals surface area contributed by atoms with Crippen LogP contribution in [0.3, 0.4) is 0 Å². The second-order valence-corrected chi connectivity index (χ2v) is 4.98. The average molecular weight is 259 g/mol. The Labute approximate surface area is 108 Å². The van der Waals surface area contributed by atoms with Crippen LogP contribution >= 0.6 is 11.3 Å². The second-order valence-electron chi connectivity index (χ2n) is 4.00. The molecule has 0 unspecified atom stereocenters. The topological polar surface area (TPSA) is 66.5 Å². The Morgan fingerprint density at radius 2 is 2.17 bits per heavy atom. The zero-order chi connectivity index (χ0) is 12.5. The van der Waals surface area contributed by atoms with Crippen molar-refractivity contribution in [3.05, 3.63) is 46.4 Å². The van der Waals surface area contributed by atoms with Gasteiger partial charge >= 0.3 is 7.12 Å². The van der Waals surface area contributed by atoms with E-state index in [9.17, 15) is 0 Å². The van der Waals surface area contributed by atoms with Crippen molar-refractivity contribution in [1.82, 2.24) is 4.98 Å². The highest BCUT2D eigenvalue weighted by Crippen LogP contribution is 2.19. The van der Waals surface area contributed by atoms with Gasteiger partial charge in [-0.25, -0.2) is 4.98 Å². The van der Waals surface area contributed by atoms with Gasteiger partial charge in [0.05, 0.1) is 5.01 Å². The van der Waals surface area contributed by atoms with E-state index in [0.29, 0.717) is 5.58 Å². The molecule has 18 heavy (non-hydrogen) atoms. The van der Waals surface area contributed by atoms with E-state index >= 15 is 0 Å². The van der Waals surface area contributed by atoms with Gasteiger partial charge in [0.25, 0.3) is 0 Å². The van der Waals surface area contributed by atoms with Crippen LogP contribution in [0.15, 0.2) is 40.3 Å². The smallest absolute Gasteiger partial charge is 0.465 e. The van der Waals surface area contributed by atoms with E-state index in [2.05, 4.69) is 4.98 Å². The summed E-state index contributed by atoms with van der Waals surface area (Å²) in [7, 11) is -1.57. The first-order valence-corrected chi connectivity index (χ1v) is 6.37. The first-order valence-electron chi connectivity index (χ1n) is 5.49. The molecule has 0 saturated heterocycles. The molecule has 0 spiro atoms. The quantitative estimate of drug-likeness (QED) is 0.692. The lowest BCUT2D eigenvalue weighted by Crippen LogP contribution is -2.27. The number of hydrogen-bond donors (Lipinski definition) is 2. The average Bonchev–Trinajstić information content (AvgIpc) is 2.96. The molecule has 1 aromatic carbocycles. The van der Waals surface area contributed by atoms with Gasteiger partial charge in [-0.05, 0) is 23.8 Å². The van der Waals surface area contributed by atoms with Crippen molar-refractivity contribution in [3.8, 4) is 0 Å². The summed E-state index contributed by atoms with van der Waals surface area (Å²) in [5.74, 6) is 0. The second kappa shape index (κ2) is 4.57. The fourth-order valence-corrected chi connectivity index (χ4v) is 2.52. The highest BCUT2D eigenvalue weighted by molar-refractivity contribution is 7.09. The number of fused-ring (bicyclic) bond motifs is 1. The van der Waals surface area contributed by atoms with Crippen LogP contribution in [0.2, 0.25) is 0 Å². The predicted molar refractivity (Wildman–Crippen MR) is 71.0 cm³/mol. The van der Waals surface area contributed by atoms with Crippen LogP contribution in [0.4, 0.5) is 0 Å². The molecule has 0 saturated carbocycles. The summed E-state index contributed by atoms with van der Waals surface area (Å²) in [6.45, 7) is 0. The maximum absolute atomic E-state index is 9.05. The van der Waals surface area contributed by atoms with E-state index in [1.165, 1.54) is 0 Å². The lowest BCUT2D eigenvalue weighted by atomic mass is 9.88. The highest BCUT2D eigenvalue weighted by Gasteiger charge is 2.17. The van der Waals surface area contributed by atoms with Crippen molar-refractivity contribution < 1.29 is 14.5 Å². The molecule has 0 radical (unpaired) electrons. The molecule has 0 atom stereocenters. The van der Waals surface area contributed by atoms with Gasteiger partial charge in [-0.2, -0.15) is 0 Å². The Balaban J connectivity index is 1.95. The van der Waals surface area contributed by atoms with E-state index in [-0.39, 0.29) is 5.66 Å². The van der Waals surface area contributed by atoms with Gasteiger partial charge in [-0.1, -0.05) is 6.07 Å². The molecular formula is C12H10BNO3S. The number of hydrogen-bond acceptors (Lipinski definition) is 5. The maximum Gasteiger partial charge on any atom is 0.526 e. The lowest BCUT2D eigenvalue weighted by molar-refractivity contribution is 0.412. The Kier molecular flexibility index (Phi) is 2.91. The van der Waals surface area contributed by atoms with Gasteiger partial charge in [-0.15, -0.1) is 11.3 Å². The van der Waals surface area contributed by atoms with E-state index in [1.807, 2.05) is 23.6 Å². The molecule has 0 aliphatic rings. The summed E-state index contributed by atoms with van der Waals surface area (Å²) in [5.41, 5.74) is 1.94. The first-order chi connectivity index (χ1) is 8.72. The Morgan fingerprint density at radius 1 is 1.28 bits per heavy atom. The molecule has 0 aliphatic heterocycles. The number of thiazole rings is 1. The molecule has 2 aromatic heterocycles. The third-order valence-electron chi connectivity index (χ3n) is 2.69. The van der Waals surface area contributed by atoms with Crippen LogP contribution in [0, 0.1) is 0 Å². The van der Waals surface area contributed by atoms with E-state index in [4.69, 9.17) is 14.5 Å².